The molecule has 0 atom stereocenters. The number of para-hydroxylation sites is 1. The van der Waals surface area contributed by atoms with Crippen LogP contribution < -0.4 is 10.2 Å². The lowest BCUT2D eigenvalue weighted by Gasteiger charge is -2.24. The van der Waals surface area contributed by atoms with E-state index in [1.807, 2.05) is 35.2 Å². The van der Waals surface area contributed by atoms with E-state index in [0.29, 0.717) is 24.2 Å². The fraction of sp³-hybridized carbons (Fsp3) is 0.188. The van der Waals surface area contributed by atoms with Crippen molar-refractivity contribution in [2.75, 3.05) is 16.8 Å². The summed E-state index contributed by atoms with van der Waals surface area (Å²) in [5.74, 6) is -0.396. The lowest BCUT2D eigenvalue weighted by molar-refractivity contribution is -0.115. The van der Waals surface area contributed by atoms with E-state index in [-0.39, 0.29) is 11.7 Å². The molecule has 0 aliphatic carbocycles. The smallest absolute Gasteiger partial charge is 0.226 e. The van der Waals surface area contributed by atoms with Crippen LogP contribution in [0.3, 0.4) is 0 Å². The lowest BCUT2D eigenvalue weighted by Crippen LogP contribution is -2.18. The number of benzene rings is 2. The van der Waals surface area contributed by atoms with Gasteiger partial charge in [0.2, 0.25) is 5.91 Å². The van der Waals surface area contributed by atoms with Crippen molar-refractivity contribution in [2.24, 2.45) is 0 Å². The third-order valence-electron chi connectivity index (χ3n) is 3.47. The van der Waals surface area contributed by atoms with E-state index in [1.54, 1.807) is 13.0 Å². The molecule has 0 spiro atoms. The second kappa shape index (κ2) is 4.96. The number of rotatable bonds is 1. The monoisotopic (exact) mass is 270 g/mol. The van der Waals surface area contributed by atoms with Crippen LogP contribution in [0, 0.1) is 12.7 Å². The van der Waals surface area contributed by atoms with Gasteiger partial charge in [-0.15, -0.1) is 0 Å². The van der Waals surface area contributed by atoms with Gasteiger partial charge in [0.1, 0.15) is 5.82 Å². The molecule has 3 rings (SSSR count). The molecular formula is C16H15FN2O. The normalized spacial score (nSPS) is 14.5. The van der Waals surface area contributed by atoms with Crippen LogP contribution in [0.4, 0.5) is 21.5 Å². The van der Waals surface area contributed by atoms with Crippen molar-refractivity contribution in [3.05, 3.63) is 53.8 Å². The summed E-state index contributed by atoms with van der Waals surface area (Å²) < 4.78 is 13.7. The topological polar surface area (TPSA) is 32.3 Å². The number of nitrogens with zero attached hydrogens (tertiary/aromatic N) is 1. The van der Waals surface area contributed by atoms with Gasteiger partial charge in [-0.2, -0.15) is 0 Å². The van der Waals surface area contributed by atoms with Gasteiger partial charge < -0.3 is 10.2 Å². The fourth-order valence-corrected chi connectivity index (χ4v) is 2.41. The van der Waals surface area contributed by atoms with Crippen LogP contribution in [0.1, 0.15) is 12.0 Å². The molecule has 102 valence electrons. The molecule has 0 radical (unpaired) electrons. The molecule has 1 aliphatic rings. The van der Waals surface area contributed by atoms with Crippen molar-refractivity contribution in [3.63, 3.8) is 0 Å². The first-order valence-electron chi connectivity index (χ1n) is 6.58. The first kappa shape index (κ1) is 12.7. The number of hydrogen-bond acceptors (Lipinski definition) is 2. The quantitative estimate of drug-likeness (QED) is 0.858. The van der Waals surface area contributed by atoms with E-state index in [2.05, 4.69) is 5.32 Å². The number of hydrogen-bond donors (Lipinski definition) is 1. The van der Waals surface area contributed by atoms with Crippen molar-refractivity contribution in [1.29, 1.82) is 0 Å². The van der Waals surface area contributed by atoms with Gasteiger partial charge in [-0.05, 0) is 36.8 Å². The van der Waals surface area contributed by atoms with Crippen LogP contribution >= 0.6 is 0 Å². The predicted molar refractivity (Wildman–Crippen MR) is 77.8 cm³/mol. The van der Waals surface area contributed by atoms with Crippen LogP contribution in [-0.4, -0.2) is 12.5 Å². The van der Waals surface area contributed by atoms with Gasteiger partial charge in [0.05, 0.1) is 11.4 Å². The number of amides is 1. The van der Waals surface area contributed by atoms with Crippen molar-refractivity contribution >= 4 is 23.0 Å². The first-order valence-corrected chi connectivity index (χ1v) is 6.58. The van der Waals surface area contributed by atoms with E-state index >= 15 is 0 Å². The zero-order valence-corrected chi connectivity index (χ0v) is 11.2. The Labute approximate surface area is 117 Å². The Morgan fingerprint density at radius 2 is 1.95 bits per heavy atom. The van der Waals surface area contributed by atoms with Gasteiger partial charge in [0.15, 0.2) is 0 Å². The second-order valence-electron chi connectivity index (χ2n) is 4.90. The number of aryl methyl sites for hydroxylation is 1. The van der Waals surface area contributed by atoms with E-state index < -0.39 is 0 Å². The Balaban J connectivity index is 2.14. The summed E-state index contributed by atoms with van der Waals surface area (Å²) in [6.45, 7) is 2.30. The highest BCUT2D eigenvalue weighted by atomic mass is 19.1. The molecule has 1 heterocycles. The highest BCUT2D eigenvalue weighted by Gasteiger charge is 2.21. The van der Waals surface area contributed by atoms with E-state index in [1.165, 1.54) is 6.07 Å². The Hall–Kier alpha value is -2.36. The summed E-state index contributed by atoms with van der Waals surface area (Å²) in [5, 5.41) is 2.77. The minimum Gasteiger partial charge on any atom is -0.339 e. The molecule has 0 bridgehead atoms. The maximum atomic E-state index is 13.7. The van der Waals surface area contributed by atoms with Gasteiger partial charge in [-0.1, -0.05) is 18.2 Å². The van der Waals surface area contributed by atoms with Crippen molar-refractivity contribution in [3.8, 4) is 0 Å². The lowest BCUT2D eigenvalue weighted by atomic mass is 10.1. The summed E-state index contributed by atoms with van der Waals surface area (Å²) >= 11 is 0. The summed E-state index contributed by atoms with van der Waals surface area (Å²) in [6, 6.07) is 13.0. The van der Waals surface area contributed by atoms with Gasteiger partial charge in [0, 0.05) is 18.7 Å². The zero-order chi connectivity index (χ0) is 14.1. The number of fused-ring (bicyclic) bond motifs is 1. The van der Waals surface area contributed by atoms with Crippen LogP contribution in [0.2, 0.25) is 0 Å². The molecular weight excluding hydrogens is 255 g/mol. The molecule has 4 heteroatoms. The van der Waals surface area contributed by atoms with Crippen LogP contribution in [0.25, 0.3) is 0 Å². The minimum absolute atomic E-state index is 0.0899. The number of nitrogens with one attached hydrogen (secondary N) is 1. The van der Waals surface area contributed by atoms with E-state index in [4.69, 9.17) is 0 Å². The van der Waals surface area contributed by atoms with Gasteiger partial charge in [-0.3, -0.25) is 4.79 Å². The van der Waals surface area contributed by atoms with E-state index in [0.717, 1.165) is 11.4 Å². The molecule has 0 saturated carbocycles. The van der Waals surface area contributed by atoms with Crippen molar-refractivity contribution < 1.29 is 9.18 Å². The Bertz CT molecular complexity index is 655. The number of anilines is 3. The minimum atomic E-state index is -0.307. The van der Waals surface area contributed by atoms with Gasteiger partial charge in [0.25, 0.3) is 0 Å². The molecule has 3 nitrogen and oxygen atoms in total. The number of carbonyl (C=O) groups excluding carboxylic acids is 1. The SMILES string of the molecule is Cc1cc2c(cc1F)NC(=O)CCN2c1ccccc1. The van der Waals surface area contributed by atoms with Gasteiger partial charge >= 0.3 is 0 Å². The Morgan fingerprint density at radius 1 is 1.20 bits per heavy atom. The largest absolute Gasteiger partial charge is 0.339 e. The maximum Gasteiger partial charge on any atom is 0.226 e. The average molecular weight is 270 g/mol. The van der Waals surface area contributed by atoms with Crippen molar-refractivity contribution in [2.45, 2.75) is 13.3 Å². The van der Waals surface area contributed by atoms with Crippen LogP contribution in [0.5, 0.6) is 0 Å². The average Bonchev–Trinajstić information content (AvgIpc) is 2.59. The highest BCUT2D eigenvalue weighted by molar-refractivity contribution is 5.97. The van der Waals surface area contributed by atoms with Crippen LogP contribution in [0.15, 0.2) is 42.5 Å². The maximum absolute atomic E-state index is 13.7. The first-order chi connectivity index (χ1) is 9.65. The molecule has 2 aromatic rings. The number of halogens is 1. The molecule has 1 N–H and O–H groups in total. The summed E-state index contributed by atoms with van der Waals surface area (Å²) in [4.78, 5) is 13.8. The summed E-state index contributed by atoms with van der Waals surface area (Å²) in [5.41, 5.74) is 2.93. The predicted octanol–water partition coefficient (Wildman–Crippen LogP) is 3.61. The Kier molecular flexibility index (Phi) is 3.14. The Morgan fingerprint density at radius 3 is 2.70 bits per heavy atom. The summed E-state index contributed by atoms with van der Waals surface area (Å²) in [6.07, 6.45) is 0.379. The molecule has 0 fully saturated rings. The summed E-state index contributed by atoms with van der Waals surface area (Å²) in [7, 11) is 0. The van der Waals surface area contributed by atoms with E-state index in [9.17, 15) is 9.18 Å². The molecule has 0 saturated heterocycles. The molecule has 1 amide bonds. The van der Waals surface area contributed by atoms with Gasteiger partial charge in [-0.25, -0.2) is 4.39 Å². The highest BCUT2D eigenvalue weighted by Crippen LogP contribution is 2.36. The van der Waals surface area contributed by atoms with Crippen molar-refractivity contribution in [1.82, 2.24) is 0 Å². The molecule has 0 unspecified atom stereocenters. The molecule has 2 aromatic carbocycles. The fourth-order valence-electron chi connectivity index (χ4n) is 2.41. The van der Waals surface area contributed by atoms with Crippen LogP contribution in [-0.2, 0) is 4.79 Å². The zero-order valence-electron chi connectivity index (χ0n) is 11.2. The molecule has 20 heavy (non-hydrogen) atoms. The standard InChI is InChI=1S/C16H15FN2O/c1-11-9-15-14(10-13(11)17)18-16(20)7-8-19(15)12-5-3-2-4-6-12/h2-6,9-10H,7-8H2,1H3,(H,18,20). The number of carbonyl (C=O) groups is 1. The molecule has 1 aliphatic heterocycles. The third kappa shape index (κ3) is 2.25. The molecule has 0 aromatic heterocycles. The third-order valence-corrected chi connectivity index (χ3v) is 3.47. The second-order valence-corrected chi connectivity index (χ2v) is 4.90.